The molecule has 4 rings (SSSR count). The molecule has 0 bridgehead atoms. The Kier molecular flexibility index (Phi) is 14.1. The molecular weight excluding hydrogens is 539 g/mol. The summed E-state index contributed by atoms with van der Waals surface area (Å²) in [5.41, 5.74) is 3.83. The standard InChI is InChI=1S/C15H18O2.C12H14O2.C6H13O3P/c1-11(16)10-12-2-4-13(5-3-12)14-6-8-15(17)9-7-14;13-11-5-1-9(2-6-11)10-3-7-12(14)8-4-10;1-4-9-6(7)5-10(2,3)8/h6-10,13,17H,2-5H2,1H3;1-2,5-6,10,13H,3-4,7-8H2;4-5H2,1-3H3. The van der Waals surface area contributed by atoms with E-state index < -0.39 is 7.14 Å². The molecule has 0 saturated heterocycles. The minimum atomic E-state index is -2.23. The molecule has 8 heteroatoms. The van der Waals surface area contributed by atoms with Crippen molar-refractivity contribution in [3.63, 3.8) is 0 Å². The van der Waals surface area contributed by atoms with Crippen LogP contribution < -0.4 is 0 Å². The Morgan fingerprint density at radius 2 is 1.24 bits per heavy atom. The van der Waals surface area contributed by atoms with Crippen molar-refractivity contribution in [3.8, 4) is 11.5 Å². The Bertz CT molecular complexity index is 1190. The second-order valence-electron chi connectivity index (χ2n) is 11.2. The summed E-state index contributed by atoms with van der Waals surface area (Å²) < 4.78 is 15.6. The number of benzene rings is 2. The molecular formula is C33H45O7P. The summed E-state index contributed by atoms with van der Waals surface area (Å²) in [7, 11) is -2.23. The predicted octanol–water partition coefficient (Wildman–Crippen LogP) is 7.36. The maximum atomic E-state index is 11.1. The van der Waals surface area contributed by atoms with Crippen molar-refractivity contribution >= 4 is 24.7 Å². The number of phenols is 2. The average molecular weight is 585 g/mol. The summed E-state index contributed by atoms with van der Waals surface area (Å²) in [5, 5.41) is 18.4. The van der Waals surface area contributed by atoms with Gasteiger partial charge in [-0.25, -0.2) is 0 Å². The van der Waals surface area contributed by atoms with Crippen molar-refractivity contribution in [2.45, 2.75) is 77.0 Å². The second-order valence-corrected chi connectivity index (χ2v) is 14.7. The lowest BCUT2D eigenvalue weighted by molar-refractivity contribution is -0.140. The number of allylic oxidation sites excluding steroid dienone is 2. The number of rotatable bonds is 6. The fraction of sp³-hybridized carbons (Fsp3) is 0.485. The van der Waals surface area contributed by atoms with Gasteiger partial charge >= 0.3 is 5.97 Å². The molecule has 0 spiro atoms. The van der Waals surface area contributed by atoms with Gasteiger partial charge in [0.15, 0.2) is 5.78 Å². The van der Waals surface area contributed by atoms with Crippen molar-refractivity contribution in [3.05, 3.63) is 71.3 Å². The molecule has 224 valence electrons. The third-order valence-corrected chi connectivity index (χ3v) is 8.14. The maximum absolute atomic E-state index is 11.1. The molecule has 0 amide bonds. The zero-order chi connectivity index (χ0) is 30.4. The van der Waals surface area contributed by atoms with Crippen LogP contribution in [0.15, 0.2) is 60.2 Å². The predicted molar refractivity (Wildman–Crippen MR) is 163 cm³/mol. The number of hydrogen-bond acceptors (Lipinski definition) is 7. The number of esters is 1. The summed E-state index contributed by atoms with van der Waals surface area (Å²) in [6.45, 7) is 6.85. The van der Waals surface area contributed by atoms with E-state index in [0.29, 0.717) is 48.6 Å². The van der Waals surface area contributed by atoms with Gasteiger partial charge in [0, 0.05) is 12.8 Å². The Hall–Kier alpha value is -3.18. The molecule has 41 heavy (non-hydrogen) atoms. The van der Waals surface area contributed by atoms with E-state index in [2.05, 4.69) is 4.74 Å². The highest BCUT2D eigenvalue weighted by atomic mass is 31.2. The summed E-state index contributed by atoms with van der Waals surface area (Å²) in [6, 6.07) is 14.8. The first kappa shape index (κ1) is 34.0. The largest absolute Gasteiger partial charge is 0.508 e. The van der Waals surface area contributed by atoms with Gasteiger partial charge in [-0.3, -0.25) is 14.4 Å². The first-order chi connectivity index (χ1) is 19.4. The van der Waals surface area contributed by atoms with Crippen LogP contribution in [-0.4, -0.2) is 53.8 Å². The summed E-state index contributed by atoms with van der Waals surface area (Å²) in [6.07, 6.45) is 9.43. The van der Waals surface area contributed by atoms with Crippen molar-refractivity contribution in [1.82, 2.24) is 0 Å². The molecule has 0 radical (unpaired) electrons. The fourth-order valence-corrected chi connectivity index (χ4v) is 5.75. The molecule has 2 aromatic carbocycles. The van der Waals surface area contributed by atoms with Crippen LogP contribution in [0, 0.1) is 0 Å². The number of Topliss-reactive ketones (excluding diaryl/α,β-unsaturated/α-hetero) is 1. The lowest BCUT2D eigenvalue weighted by Crippen LogP contribution is -2.12. The van der Waals surface area contributed by atoms with Gasteiger partial charge in [0.1, 0.15) is 17.3 Å². The van der Waals surface area contributed by atoms with Crippen LogP contribution in [0.2, 0.25) is 0 Å². The van der Waals surface area contributed by atoms with Gasteiger partial charge in [0.2, 0.25) is 0 Å². The Morgan fingerprint density at radius 3 is 1.61 bits per heavy atom. The lowest BCUT2D eigenvalue weighted by Gasteiger charge is -2.24. The molecule has 2 saturated carbocycles. The maximum Gasteiger partial charge on any atom is 0.313 e. The summed E-state index contributed by atoms with van der Waals surface area (Å²) in [5.74, 6) is 1.88. The number of carbonyl (C=O) groups is 3. The second kappa shape index (κ2) is 16.9. The van der Waals surface area contributed by atoms with E-state index in [1.165, 1.54) is 16.7 Å². The highest BCUT2D eigenvalue weighted by Gasteiger charge is 2.20. The minimum absolute atomic E-state index is 0.0564. The highest BCUT2D eigenvalue weighted by molar-refractivity contribution is 7.63. The highest BCUT2D eigenvalue weighted by Crippen LogP contribution is 2.36. The van der Waals surface area contributed by atoms with Crippen LogP contribution in [-0.2, 0) is 23.7 Å². The van der Waals surface area contributed by atoms with E-state index in [0.717, 1.165) is 38.5 Å². The number of hydrogen-bond donors (Lipinski definition) is 2. The van der Waals surface area contributed by atoms with E-state index in [9.17, 15) is 24.1 Å². The zero-order valence-electron chi connectivity index (χ0n) is 24.8. The Balaban J connectivity index is 0.000000223. The molecule has 7 nitrogen and oxygen atoms in total. The van der Waals surface area contributed by atoms with Gasteiger partial charge in [-0.2, -0.15) is 0 Å². The first-order valence-electron chi connectivity index (χ1n) is 14.4. The topological polar surface area (TPSA) is 118 Å². The third kappa shape index (κ3) is 13.8. The van der Waals surface area contributed by atoms with Gasteiger partial charge < -0.3 is 19.5 Å². The molecule has 2 N–H and O–H groups in total. The van der Waals surface area contributed by atoms with Gasteiger partial charge in [0.05, 0.1) is 19.9 Å². The molecule has 2 aromatic rings. The van der Waals surface area contributed by atoms with E-state index in [1.807, 2.05) is 24.3 Å². The number of aromatic hydroxyl groups is 2. The number of phenolic OH excluding ortho intramolecular Hbond substituents is 2. The molecule has 0 aliphatic heterocycles. The molecule has 2 fully saturated rings. The van der Waals surface area contributed by atoms with Crippen LogP contribution in [0.5, 0.6) is 11.5 Å². The van der Waals surface area contributed by atoms with E-state index in [1.54, 1.807) is 57.5 Å². The van der Waals surface area contributed by atoms with E-state index >= 15 is 0 Å². The van der Waals surface area contributed by atoms with Crippen LogP contribution in [0.4, 0.5) is 0 Å². The first-order valence-corrected chi connectivity index (χ1v) is 17.1. The summed E-state index contributed by atoms with van der Waals surface area (Å²) >= 11 is 0. The van der Waals surface area contributed by atoms with E-state index in [4.69, 9.17) is 5.11 Å². The van der Waals surface area contributed by atoms with Crippen molar-refractivity contribution in [2.24, 2.45) is 0 Å². The number of carbonyl (C=O) groups excluding carboxylic acids is 3. The summed E-state index contributed by atoms with van der Waals surface area (Å²) in [4.78, 5) is 32.7. The van der Waals surface area contributed by atoms with E-state index in [-0.39, 0.29) is 17.9 Å². The Morgan fingerprint density at radius 1 is 0.829 bits per heavy atom. The number of ether oxygens (including phenoxy) is 1. The molecule has 0 aromatic heterocycles. The number of ketones is 2. The SMILES string of the molecule is CC(=O)C=C1CCC(c2ccc(O)cc2)CC1.CCOC(=O)CP(C)(C)=O.O=C1CCC(c2ccc(O)cc2)CC1. The third-order valence-electron chi connectivity index (χ3n) is 7.12. The molecule has 2 aliphatic carbocycles. The normalized spacial score (nSPS) is 17.3. The van der Waals surface area contributed by atoms with Crippen LogP contribution >= 0.6 is 7.14 Å². The minimum Gasteiger partial charge on any atom is -0.508 e. The lowest BCUT2D eigenvalue weighted by atomic mass is 9.81. The van der Waals surface area contributed by atoms with Gasteiger partial charge in [-0.05, 0) is 119 Å². The fourth-order valence-electron chi connectivity index (χ4n) is 5.04. The van der Waals surface area contributed by atoms with Crippen molar-refractivity contribution < 1.29 is 33.9 Å². The zero-order valence-corrected chi connectivity index (χ0v) is 25.7. The van der Waals surface area contributed by atoms with Gasteiger partial charge in [-0.1, -0.05) is 29.8 Å². The quantitative estimate of drug-likeness (QED) is 0.207. The van der Waals surface area contributed by atoms with Crippen LogP contribution in [0.3, 0.4) is 0 Å². The smallest absolute Gasteiger partial charge is 0.313 e. The average Bonchev–Trinajstić information content (AvgIpc) is 2.90. The van der Waals surface area contributed by atoms with Crippen molar-refractivity contribution in [1.29, 1.82) is 0 Å². The van der Waals surface area contributed by atoms with Crippen molar-refractivity contribution in [2.75, 3.05) is 26.1 Å². The van der Waals surface area contributed by atoms with Crippen LogP contribution in [0.1, 0.15) is 88.2 Å². The van der Waals surface area contributed by atoms with Gasteiger partial charge in [0.25, 0.3) is 0 Å². The molecule has 0 unspecified atom stereocenters. The monoisotopic (exact) mass is 584 g/mol. The van der Waals surface area contributed by atoms with Crippen LogP contribution in [0.25, 0.3) is 0 Å². The van der Waals surface area contributed by atoms with Gasteiger partial charge in [-0.15, -0.1) is 0 Å². The molecule has 2 aliphatic rings. The molecule has 0 heterocycles. The Labute approximate surface area is 244 Å². The molecule has 0 atom stereocenters.